The topological polar surface area (TPSA) is 164 Å². The van der Waals surface area contributed by atoms with Gasteiger partial charge >= 0.3 is 5.97 Å². The number of carboxylic acids is 1. The highest BCUT2D eigenvalue weighted by Crippen LogP contribution is 2.55. The van der Waals surface area contributed by atoms with E-state index in [1.165, 1.54) is 0 Å². The van der Waals surface area contributed by atoms with Gasteiger partial charge in [0.15, 0.2) is 23.1 Å². The average molecular weight is 842 g/mol. The summed E-state index contributed by atoms with van der Waals surface area (Å²) in [7, 11) is 0. The summed E-state index contributed by atoms with van der Waals surface area (Å²) >= 11 is 0. The summed E-state index contributed by atoms with van der Waals surface area (Å²) in [6.45, 7) is 18.5. The molecular weight excluding hydrogens is 771 g/mol. The van der Waals surface area contributed by atoms with Crippen molar-refractivity contribution >= 4 is 5.97 Å². The number of piperidine rings is 1. The van der Waals surface area contributed by atoms with E-state index in [4.69, 9.17) is 43.0 Å². The average Bonchev–Trinajstić information content (AvgIpc) is 3.87. The van der Waals surface area contributed by atoms with Gasteiger partial charge in [-0.3, -0.25) is 10.1 Å². The molecular formula is C47H71NO12. The number of carbonyl (C=O) groups is 1. The third-order valence-corrected chi connectivity index (χ3v) is 15.9. The summed E-state index contributed by atoms with van der Waals surface area (Å²) in [6, 6.07) is 0. The third kappa shape index (κ3) is 7.81. The summed E-state index contributed by atoms with van der Waals surface area (Å²) in [5.74, 6) is -4.41. The second-order valence-corrected chi connectivity index (χ2v) is 20.9. The second-order valence-electron chi connectivity index (χ2n) is 20.9. The number of rotatable bonds is 9. The van der Waals surface area contributed by atoms with Crippen LogP contribution in [0.2, 0.25) is 0 Å². The number of carboxylic acid groups (broad SMARTS) is 1. The zero-order chi connectivity index (χ0) is 42.4. The van der Waals surface area contributed by atoms with E-state index in [9.17, 15) is 15.0 Å². The number of hydrogen-bond donors (Lipinski definition) is 4. The molecule has 4 N–H and O–H groups in total. The Hall–Kier alpha value is -1.75. The molecule has 9 aliphatic rings. The number of allylic oxidation sites excluding steroid dienone is 1. The Morgan fingerprint density at radius 2 is 1.67 bits per heavy atom. The lowest BCUT2D eigenvalue weighted by molar-refractivity contribution is -0.367. The van der Waals surface area contributed by atoms with Crippen LogP contribution in [0.1, 0.15) is 125 Å². The van der Waals surface area contributed by atoms with E-state index < -0.39 is 53.2 Å². The van der Waals surface area contributed by atoms with E-state index in [0.29, 0.717) is 69.1 Å². The minimum Gasteiger partial charge on any atom is -0.481 e. The molecule has 0 saturated carbocycles. The van der Waals surface area contributed by atoms with Crippen LogP contribution in [0, 0.1) is 35.5 Å². The molecule has 0 aromatic heterocycles. The van der Waals surface area contributed by atoms with Crippen molar-refractivity contribution in [3.05, 3.63) is 36.5 Å². The molecule has 9 aliphatic heterocycles. The van der Waals surface area contributed by atoms with Crippen LogP contribution in [-0.2, 0) is 42.7 Å². The maximum atomic E-state index is 12.4. The van der Waals surface area contributed by atoms with Crippen molar-refractivity contribution in [3.8, 4) is 0 Å². The number of aliphatic hydroxyl groups is 2. The van der Waals surface area contributed by atoms with Crippen LogP contribution >= 0.6 is 0 Å². The smallest absolute Gasteiger partial charge is 0.303 e. The maximum Gasteiger partial charge on any atom is 0.303 e. The van der Waals surface area contributed by atoms with Gasteiger partial charge in [-0.05, 0) is 73.8 Å². The Bertz CT molecular complexity index is 1690. The predicted octanol–water partition coefficient (Wildman–Crippen LogP) is 6.26. The molecule has 9 rings (SSSR count). The molecule has 9 heterocycles. The van der Waals surface area contributed by atoms with Crippen molar-refractivity contribution in [1.82, 2.24) is 5.32 Å². The predicted molar refractivity (Wildman–Crippen MR) is 219 cm³/mol. The molecule has 13 nitrogen and oxygen atoms in total. The van der Waals surface area contributed by atoms with E-state index in [-0.39, 0.29) is 60.8 Å². The van der Waals surface area contributed by atoms with Crippen LogP contribution in [0.3, 0.4) is 0 Å². The Balaban J connectivity index is 0.846. The first kappa shape index (κ1) is 43.5. The summed E-state index contributed by atoms with van der Waals surface area (Å²) in [4.78, 5) is 11.0. The van der Waals surface area contributed by atoms with E-state index in [1.54, 1.807) is 0 Å². The van der Waals surface area contributed by atoms with E-state index >= 15 is 0 Å². The Morgan fingerprint density at radius 3 is 2.45 bits per heavy atom. The second kappa shape index (κ2) is 16.0. The fraction of sp³-hybridized carbons (Fsp3) is 0.851. The lowest BCUT2D eigenvalue weighted by Gasteiger charge is -2.53. The van der Waals surface area contributed by atoms with Gasteiger partial charge in [0.2, 0.25) is 0 Å². The van der Waals surface area contributed by atoms with Crippen molar-refractivity contribution in [3.63, 3.8) is 0 Å². The molecule has 0 radical (unpaired) electrons. The number of ether oxygens (including phenoxy) is 8. The standard InChI is InChI=1S/C47H71NO12/c1-26-18-36-41-38(24-45(58-41)30(5)17-27(2)25-48-45)56-44(22-26,55-36)23-29(4)40-28(3)19-32(7)47(52,59-40)42(51)37-21-35-34(53-37)20-31(6)46(57-35)16-15-43(60-46)14-10-12-33(54-43)11-8-9-13-39(49)50/h8,10-11,14,26-28,30-38,40-42,48,51-52H,4,9,12-13,15-25H2,1-3,5-7H3,(H,49,50)/b11-8+/t26-,27+,28+,30-,31+,32-,33-,34+,35+,36+,37-,38+,40+,41+,42+,43+,44-,45-,46-,47-/m0/s1. The Labute approximate surface area is 355 Å². The normalized spacial score (nSPS) is 52.9. The van der Waals surface area contributed by atoms with Gasteiger partial charge in [0.25, 0.3) is 0 Å². The monoisotopic (exact) mass is 841 g/mol. The fourth-order valence-corrected chi connectivity index (χ4v) is 12.8. The van der Waals surface area contributed by atoms with Gasteiger partial charge in [0.1, 0.15) is 17.9 Å². The molecule has 0 unspecified atom stereocenters. The van der Waals surface area contributed by atoms with Gasteiger partial charge in [0.05, 0.1) is 42.7 Å². The quantitative estimate of drug-likeness (QED) is 0.193. The van der Waals surface area contributed by atoms with Gasteiger partial charge in [-0.2, -0.15) is 0 Å². The molecule has 13 heteroatoms. The van der Waals surface area contributed by atoms with Crippen LogP contribution in [-0.4, -0.2) is 112 Å². The molecule has 2 bridgehead atoms. The van der Waals surface area contributed by atoms with E-state index in [0.717, 1.165) is 37.8 Å². The van der Waals surface area contributed by atoms with Gasteiger partial charge in [-0.15, -0.1) is 0 Å². The lowest BCUT2D eigenvalue weighted by Crippen LogP contribution is -2.62. The molecule has 20 atom stereocenters. The highest BCUT2D eigenvalue weighted by atomic mass is 16.8. The van der Waals surface area contributed by atoms with Crippen molar-refractivity contribution in [1.29, 1.82) is 0 Å². The minimum atomic E-state index is -1.88. The van der Waals surface area contributed by atoms with Gasteiger partial charge in [-0.25, -0.2) is 0 Å². The first-order valence-electron chi connectivity index (χ1n) is 23.3. The fourth-order valence-electron chi connectivity index (χ4n) is 12.8. The molecule has 0 aromatic carbocycles. The SMILES string of the molecule is C=C(C[C@@]12C[C@@H](C)C[C@@H](O1)[C@H]1O[C@]3(C[C@H]1O2)NC[C@H](C)C[C@@H]3C)[C@@H]1O[C@](O)([C@H](O)[C@@H]2C[C@H]3O[C@]4(CC[C@@]5(C=CC[C@H](/C=C/CCC(=O)O)O5)O4)[C@H](C)C[C@H]3O2)[C@@H](C)C[C@H]1C. The first-order valence-corrected chi connectivity index (χ1v) is 23.3. The number of nitrogens with one attached hydrogen (secondary N) is 1. The van der Waals surface area contributed by atoms with Gasteiger partial charge in [-0.1, -0.05) is 66.3 Å². The van der Waals surface area contributed by atoms with Gasteiger partial charge in [0, 0.05) is 63.3 Å². The van der Waals surface area contributed by atoms with Crippen LogP contribution in [0.4, 0.5) is 0 Å². The van der Waals surface area contributed by atoms with Crippen molar-refractivity contribution in [2.75, 3.05) is 6.54 Å². The summed E-state index contributed by atoms with van der Waals surface area (Å²) in [6.07, 6.45) is 12.2. The Kier molecular flexibility index (Phi) is 11.6. The molecule has 8 fully saturated rings. The zero-order valence-electron chi connectivity index (χ0n) is 36.6. The molecule has 0 amide bonds. The Morgan fingerprint density at radius 1 is 0.867 bits per heavy atom. The van der Waals surface area contributed by atoms with Crippen molar-refractivity contribution < 1.29 is 58.0 Å². The zero-order valence-corrected chi connectivity index (χ0v) is 36.6. The molecule has 336 valence electrons. The van der Waals surface area contributed by atoms with Crippen LogP contribution in [0.5, 0.6) is 0 Å². The van der Waals surface area contributed by atoms with Crippen LogP contribution in [0.15, 0.2) is 36.5 Å². The largest absolute Gasteiger partial charge is 0.481 e. The van der Waals surface area contributed by atoms with Crippen molar-refractivity contribution in [2.45, 2.75) is 209 Å². The van der Waals surface area contributed by atoms with E-state index in [2.05, 4.69) is 52.6 Å². The number of fused-ring (bicyclic) bond motifs is 5. The van der Waals surface area contributed by atoms with Crippen molar-refractivity contribution in [2.24, 2.45) is 35.5 Å². The first-order chi connectivity index (χ1) is 28.4. The molecule has 3 spiro atoms. The van der Waals surface area contributed by atoms with Crippen LogP contribution < -0.4 is 5.32 Å². The minimum absolute atomic E-state index is 0.0210. The lowest BCUT2D eigenvalue weighted by atomic mass is 9.76. The summed E-state index contributed by atoms with van der Waals surface area (Å²) in [5, 5.41) is 37.3. The number of aliphatic hydroxyl groups excluding tert-OH is 1. The molecule has 8 saturated heterocycles. The number of hydrogen-bond acceptors (Lipinski definition) is 12. The highest BCUT2D eigenvalue weighted by molar-refractivity contribution is 5.66. The van der Waals surface area contributed by atoms with Gasteiger partial charge < -0.3 is 53.2 Å². The number of aliphatic carboxylic acids is 1. The van der Waals surface area contributed by atoms with Crippen LogP contribution in [0.25, 0.3) is 0 Å². The molecule has 60 heavy (non-hydrogen) atoms. The third-order valence-electron chi connectivity index (χ3n) is 15.9. The molecule has 0 aromatic rings. The maximum absolute atomic E-state index is 12.4. The summed E-state index contributed by atoms with van der Waals surface area (Å²) < 4.78 is 54.1. The summed E-state index contributed by atoms with van der Waals surface area (Å²) in [5.41, 5.74) is 0.390. The highest BCUT2D eigenvalue weighted by Gasteiger charge is 2.64. The van der Waals surface area contributed by atoms with E-state index in [1.807, 2.05) is 25.2 Å². The molecule has 0 aliphatic carbocycles.